The van der Waals surface area contributed by atoms with E-state index in [9.17, 15) is 4.79 Å². The van der Waals surface area contributed by atoms with Crippen molar-refractivity contribution in [2.45, 2.75) is 12.2 Å². The summed E-state index contributed by atoms with van der Waals surface area (Å²) in [5, 5.41) is 12.6. The number of carbonyl (C=O) groups is 1. The Morgan fingerprint density at radius 1 is 1.33 bits per heavy atom. The maximum absolute atomic E-state index is 12.2. The number of nitrogens with zero attached hydrogens (tertiary/aromatic N) is 2. The van der Waals surface area contributed by atoms with Crippen LogP contribution in [0.5, 0.6) is 0 Å². The molecule has 1 aliphatic rings. The minimum atomic E-state index is -0.0211. The zero-order valence-electron chi connectivity index (χ0n) is 12.8. The molecular formula is C17H14ClN3OS2. The van der Waals surface area contributed by atoms with Gasteiger partial charge in [-0.05, 0) is 41.4 Å². The molecule has 4 nitrogen and oxygen atoms in total. The number of rotatable bonds is 2. The maximum Gasteiger partial charge on any atom is 0.235 e. The second kappa shape index (κ2) is 6.27. The van der Waals surface area contributed by atoms with E-state index >= 15 is 0 Å². The third-order valence-electron chi connectivity index (χ3n) is 3.93. The molecule has 1 atom stereocenters. The van der Waals surface area contributed by atoms with Gasteiger partial charge in [-0.2, -0.15) is 16.4 Å². The number of nitrogens with one attached hydrogen (secondary N) is 1. The fourth-order valence-corrected chi connectivity index (χ4v) is 5.03. The van der Waals surface area contributed by atoms with Gasteiger partial charge in [0.2, 0.25) is 5.91 Å². The molecule has 0 saturated carbocycles. The Kier molecular flexibility index (Phi) is 4.12. The van der Waals surface area contributed by atoms with Crippen LogP contribution in [0, 0.1) is 6.92 Å². The predicted octanol–water partition coefficient (Wildman–Crippen LogP) is 4.67. The molecule has 1 aromatic carbocycles. The van der Waals surface area contributed by atoms with Crippen molar-refractivity contribution in [3.05, 3.63) is 62.9 Å². The first kappa shape index (κ1) is 15.7. The highest BCUT2D eigenvalue weighted by Gasteiger charge is 2.31. The van der Waals surface area contributed by atoms with Crippen molar-refractivity contribution in [1.29, 1.82) is 0 Å². The lowest BCUT2D eigenvalue weighted by Gasteiger charge is -2.13. The van der Waals surface area contributed by atoms with Gasteiger partial charge in [0.25, 0.3) is 0 Å². The molecule has 3 heterocycles. The fourth-order valence-electron chi connectivity index (χ4n) is 2.87. The van der Waals surface area contributed by atoms with E-state index in [-0.39, 0.29) is 11.2 Å². The van der Waals surface area contributed by atoms with Crippen LogP contribution in [0.25, 0.3) is 5.69 Å². The zero-order chi connectivity index (χ0) is 16.7. The van der Waals surface area contributed by atoms with E-state index in [2.05, 4.69) is 27.2 Å². The van der Waals surface area contributed by atoms with Crippen LogP contribution in [0.4, 0.5) is 5.82 Å². The van der Waals surface area contributed by atoms with Gasteiger partial charge in [0, 0.05) is 5.56 Å². The largest absolute Gasteiger partial charge is 0.310 e. The topological polar surface area (TPSA) is 46.9 Å². The van der Waals surface area contributed by atoms with Gasteiger partial charge in [0.1, 0.15) is 5.82 Å². The van der Waals surface area contributed by atoms with E-state index in [0.29, 0.717) is 16.6 Å². The molecule has 122 valence electrons. The van der Waals surface area contributed by atoms with Crippen LogP contribution >= 0.6 is 34.7 Å². The monoisotopic (exact) mass is 375 g/mol. The second-order valence-electron chi connectivity index (χ2n) is 5.51. The lowest BCUT2D eigenvalue weighted by Crippen LogP contribution is -2.16. The Balaban J connectivity index is 1.93. The van der Waals surface area contributed by atoms with Gasteiger partial charge in [-0.15, -0.1) is 11.8 Å². The molecule has 7 heteroatoms. The molecule has 2 aromatic heterocycles. The summed E-state index contributed by atoms with van der Waals surface area (Å²) >= 11 is 9.63. The number of benzene rings is 1. The van der Waals surface area contributed by atoms with Crippen LogP contribution in [0.3, 0.4) is 0 Å². The lowest BCUT2D eigenvalue weighted by atomic mass is 10.1. The van der Waals surface area contributed by atoms with Crippen LogP contribution in [-0.2, 0) is 4.79 Å². The van der Waals surface area contributed by atoms with Crippen LogP contribution in [0.2, 0.25) is 5.02 Å². The minimum absolute atomic E-state index is 0.0211. The van der Waals surface area contributed by atoms with E-state index in [4.69, 9.17) is 11.6 Å². The van der Waals surface area contributed by atoms with E-state index in [1.54, 1.807) is 27.8 Å². The van der Waals surface area contributed by atoms with Crippen molar-refractivity contribution >= 4 is 46.4 Å². The molecule has 1 amide bonds. The summed E-state index contributed by atoms with van der Waals surface area (Å²) in [6, 6.07) is 9.62. The Morgan fingerprint density at radius 2 is 2.17 bits per heavy atom. The summed E-state index contributed by atoms with van der Waals surface area (Å²) in [5.74, 6) is 1.11. The number of aromatic nitrogens is 2. The first-order valence-corrected chi connectivity index (χ1v) is 9.80. The molecule has 4 rings (SSSR count). The molecule has 0 bridgehead atoms. The first-order valence-electron chi connectivity index (χ1n) is 7.43. The van der Waals surface area contributed by atoms with Gasteiger partial charge in [0.05, 0.1) is 27.4 Å². The molecule has 3 aromatic rings. The number of aryl methyl sites for hydroxylation is 1. The fraction of sp³-hybridized carbons (Fsp3) is 0.176. The number of thiophene rings is 1. The minimum Gasteiger partial charge on any atom is -0.310 e. The number of thioether (sulfide) groups is 1. The molecule has 24 heavy (non-hydrogen) atoms. The van der Waals surface area contributed by atoms with Gasteiger partial charge in [-0.25, -0.2) is 4.68 Å². The molecule has 0 fully saturated rings. The quantitative estimate of drug-likeness (QED) is 0.708. The molecule has 0 unspecified atom stereocenters. The Hall–Kier alpha value is -1.76. The van der Waals surface area contributed by atoms with Crippen molar-refractivity contribution in [3.8, 4) is 5.69 Å². The Labute approximate surface area is 152 Å². The normalized spacial score (nSPS) is 17.2. The summed E-state index contributed by atoms with van der Waals surface area (Å²) in [6.07, 6.45) is 0. The number of halogens is 1. The van der Waals surface area contributed by atoms with E-state index in [1.165, 1.54) is 5.56 Å². The van der Waals surface area contributed by atoms with Gasteiger partial charge in [-0.3, -0.25) is 4.79 Å². The Morgan fingerprint density at radius 3 is 2.92 bits per heavy atom. The number of para-hydroxylation sites is 1. The highest BCUT2D eigenvalue weighted by molar-refractivity contribution is 8.00. The van der Waals surface area contributed by atoms with E-state index in [1.807, 2.05) is 31.2 Å². The Bertz CT molecular complexity index is 905. The third kappa shape index (κ3) is 2.64. The first-order chi connectivity index (χ1) is 11.6. The average molecular weight is 376 g/mol. The van der Waals surface area contributed by atoms with Crippen LogP contribution in [0.15, 0.2) is 41.1 Å². The van der Waals surface area contributed by atoms with Crippen LogP contribution < -0.4 is 5.32 Å². The van der Waals surface area contributed by atoms with Crippen molar-refractivity contribution < 1.29 is 4.79 Å². The molecule has 1 N–H and O–H groups in total. The molecule has 0 saturated heterocycles. The third-order valence-corrected chi connectivity index (χ3v) is 6.23. The summed E-state index contributed by atoms with van der Waals surface area (Å²) < 4.78 is 1.75. The summed E-state index contributed by atoms with van der Waals surface area (Å²) in [7, 11) is 0. The van der Waals surface area contributed by atoms with E-state index < -0.39 is 0 Å². The number of hydrogen-bond acceptors (Lipinski definition) is 4. The smallest absolute Gasteiger partial charge is 0.235 e. The van der Waals surface area contributed by atoms with Crippen molar-refractivity contribution in [1.82, 2.24) is 9.78 Å². The highest BCUT2D eigenvalue weighted by Crippen LogP contribution is 2.44. The molecule has 0 radical (unpaired) electrons. The molecule has 0 spiro atoms. The zero-order valence-corrected chi connectivity index (χ0v) is 15.2. The second-order valence-corrected chi connectivity index (χ2v) is 7.79. The number of anilines is 1. The lowest BCUT2D eigenvalue weighted by molar-refractivity contribution is -0.113. The summed E-state index contributed by atoms with van der Waals surface area (Å²) in [5.41, 5.74) is 3.91. The number of fused-ring (bicyclic) bond motifs is 1. The molecule has 1 aliphatic heterocycles. The number of amides is 1. The maximum atomic E-state index is 12.2. The van der Waals surface area contributed by atoms with Crippen molar-refractivity contribution in [2.24, 2.45) is 0 Å². The van der Waals surface area contributed by atoms with Crippen LogP contribution in [-0.4, -0.2) is 21.4 Å². The molecule has 0 aliphatic carbocycles. The molecular weight excluding hydrogens is 362 g/mol. The predicted molar refractivity (Wildman–Crippen MR) is 101 cm³/mol. The van der Waals surface area contributed by atoms with E-state index in [0.717, 1.165) is 16.9 Å². The van der Waals surface area contributed by atoms with Crippen molar-refractivity contribution in [3.63, 3.8) is 0 Å². The SMILES string of the molecule is Cc1nn(-c2ccccc2Cl)c2c1[C@@H](c1ccsc1)SCC(=O)N2. The number of hydrogen-bond donors (Lipinski definition) is 1. The highest BCUT2D eigenvalue weighted by atomic mass is 35.5. The van der Waals surface area contributed by atoms with Crippen LogP contribution in [0.1, 0.15) is 22.1 Å². The number of carbonyl (C=O) groups excluding carboxylic acids is 1. The van der Waals surface area contributed by atoms with Gasteiger partial charge in [0.15, 0.2) is 0 Å². The standard InChI is InChI=1S/C17H14ClN3OS2/c1-10-15-16(11-6-7-23-8-11)24-9-14(22)19-17(15)21(20-10)13-5-3-2-4-12(13)18/h2-8,16H,9H2,1H3,(H,19,22)/t16-/m1/s1. The van der Waals surface area contributed by atoms with Gasteiger partial charge >= 0.3 is 0 Å². The summed E-state index contributed by atoms with van der Waals surface area (Å²) in [6.45, 7) is 1.98. The average Bonchev–Trinajstić information content (AvgIpc) is 3.15. The van der Waals surface area contributed by atoms with Crippen molar-refractivity contribution in [2.75, 3.05) is 11.1 Å². The van der Waals surface area contributed by atoms with Gasteiger partial charge in [-0.1, -0.05) is 23.7 Å². The summed E-state index contributed by atoms with van der Waals surface area (Å²) in [4.78, 5) is 12.2. The van der Waals surface area contributed by atoms with Gasteiger partial charge < -0.3 is 5.32 Å².